The third-order valence-corrected chi connectivity index (χ3v) is 7.14. The van der Waals surface area contributed by atoms with Crippen LogP contribution in [0.4, 0.5) is 0 Å². The standard InChI is InChI=1S/C27H33N5O/c1-5-22(33)15-31-10-8-19(9-11-31)20-6-7-24-23(13-20)25(17(2)3)26(30-24)21-12-18(4)27-28-16-29-32(27)14-21/h6-7,12-14,16-17,19,30H,5,8-11,15H2,1-4H3. The zero-order valence-corrected chi connectivity index (χ0v) is 20.1. The van der Waals surface area contributed by atoms with Crippen LogP contribution in [-0.4, -0.2) is 49.9 Å². The van der Waals surface area contributed by atoms with Crippen molar-refractivity contribution in [3.8, 4) is 11.3 Å². The van der Waals surface area contributed by atoms with Gasteiger partial charge < -0.3 is 4.98 Å². The van der Waals surface area contributed by atoms with Gasteiger partial charge >= 0.3 is 0 Å². The summed E-state index contributed by atoms with van der Waals surface area (Å²) in [6, 6.07) is 9.14. The Labute approximate surface area is 195 Å². The van der Waals surface area contributed by atoms with E-state index in [0.717, 1.165) is 42.7 Å². The molecule has 5 rings (SSSR count). The number of Topliss-reactive ketones (excluding diaryl/α,β-unsaturated/α-hetero) is 1. The van der Waals surface area contributed by atoms with Crippen LogP contribution < -0.4 is 0 Å². The van der Waals surface area contributed by atoms with Gasteiger partial charge in [0.1, 0.15) is 12.1 Å². The zero-order valence-electron chi connectivity index (χ0n) is 20.1. The first-order valence-corrected chi connectivity index (χ1v) is 12.1. The number of piperidine rings is 1. The predicted molar refractivity (Wildman–Crippen MR) is 133 cm³/mol. The first-order chi connectivity index (χ1) is 15.9. The molecule has 6 heteroatoms. The van der Waals surface area contributed by atoms with Crippen LogP contribution in [0.5, 0.6) is 0 Å². The van der Waals surface area contributed by atoms with Gasteiger partial charge in [0, 0.05) is 29.1 Å². The van der Waals surface area contributed by atoms with Gasteiger partial charge in [-0.25, -0.2) is 9.50 Å². The first-order valence-electron chi connectivity index (χ1n) is 12.1. The Kier molecular flexibility index (Phi) is 5.79. The number of benzene rings is 1. The Morgan fingerprint density at radius 2 is 2.00 bits per heavy atom. The number of fused-ring (bicyclic) bond motifs is 2. The maximum atomic E-state index is 11.8. The molecule has 0 atom stereocenters. The van der Waals surface area contributed by atoms with Crippen LogP contribution in [-0.2, 0) is 4.79 Å². The summed E-state index contributed by atoms with van der Waals surface area (Å²) in [4.78, 5) is 22.2. The lowest BCUT2D eigenvalue weighted by Gasteiger charge is -2.31. The lowest BCUT2D eigenvalue weighted by molar-refractivity contribution is -0.120. The number of aromatic amines is 1. The Morgan fingerprint density at radius 3 is 2.73 bits per heavy atom. The second-order valence-electron chi connectivity index (χ2n) is 9.76. The Morgan fingerprint density at radius 1 is 1.21 bits per heavy atom. The van der Waals surface area contributed by atoms with Crippen LogP contribution in [0.2, 0.25) is 0 Å². The number of H-pyrrole nitrogens is 1. The third-order valence-electron chi connectivity index (χ3n) is 7.14. The molecule has 1 aromatic carbocycles. The number of pyridine rings is 1. The van der Waals surface area contributed by atoms with Crippen LogP contribution in [0.15, 0.2) is 36.8 Å². The number of nitrogens with one attached hydrogen (secondary N) is 1. The van der Waals surface area contributed by atoms with Crippen molar-refractivity contribution in [2.45, 2.75) is 58.8 Å². The van der Waals surface area contributed by atoms with E-state index >= 15 is 0 Å². The van der Waals surface area contributed by atoms with Crippen LogP contribution in [0, 0.1) is 6.92 Å². The van der Waals surface area contributed by atoms with Gasteiger partial charge in [-0.2, -0.15) is 5.10 Å². The third kappa shape index (κ3) is 4.08. The summed E-state index contributed by atoms with van der Waals surface area (Å²) in [5.41, 5.74) is 8.28. The van der Waals surface area contributed by atoms with Crippen LogP contribution in [0.1, 0.15) is 68.6 Å². The number of rotatable bonds is 6. The quantitative estimate of drug-likeness (QED) is 0.429. The average Bonchev–Trinajstić information content (AvgIpc) is 3.44. The van der Waals surface area contributed by atoms with E-state index < -0.39 is 0 Å². The second kappa shape index (κ2) is 8.75. The monoisotopic (exact) mass is 443 g/mol. The Balaban J connectivity index is 1.48. The number of ketones is 1. The van der Waals surface area contributed by atoms with Crippen molar-refractivity contribution in [3.05, 3.63) is 53.5 Å². The van der Waals surface area contributed by atoms with Gasteiger partial charge in [-0.15, -0.1) is 0 Å². The minimum Gasteiger partial charge on any atom is -0.354 e. The Hall–Kier alpha value is -2.99. The molecule has 0 bridgehead atoms. The molecule has 0 amide bonds. The fourth-order valence-corrected chi connectivity index (χ4v) is 5.33. The largest absolute Gasteiger partial charge is 0.354 e. The fraction of sp³-hybridized carbons (Fsp3) is 0.444. The van der Waals surface area contributed by atoms with Gasteiger partial charge in [-0.1, -0.05) is 26.8 Å². The number of likely N-dealkylation sites (tertiary alicyclic amines) is 1. The van der Waals surface area contributed by atoms with Crippen molar-refractivity contribution in [1.29, 1.82) is 0 Å². The minimum atomic E-state index is 0.343. The van der Waals surface area contributed by atoms with Crippen molar-refractivity contribution in [1.82, 2.24) is 24.5 Å². The Bertz CT molecular complexity index is 1310. The van der Waals surface area contributed by atoms with Gasteiger partial charge in [0.15, 0.2) is 5.65 Å². The maximum absolute atomic E-state index is 11.8. The molecular formula is C27H33N5O. The molecule has 0 radical (unpaired) electrons. The number of nitrogens with zero attached hydrogens (tertiary/aromatic N) is 4. The lowest BCUT2D eigenvalue weighted by Crippen LogP contribution is -2.36. The van der Waals surface area contributed by atoms with Crippen molar-refractivity contribution >= 4 is 22.3 Å². The zero-order chi connectivity index (χ0) is 23.1. The molecule has 172 valence electrons. The van der Waals surface area contributed by atoms with Crippen molar-refractivity contribution in [2.24, 2.45) is 0 Å². The van der Waals surface area contributed by atoms with Gasteiger partial charge in [-0.05, 0) is 79.6 Å². The summed E-state index contributed by atoms with van der Waals surface area (Å²) in [5, 5.41) is 5.68. The van der Waals surface area contributed by atoms with Gasteiger partial charge in [0.2, 0.25) is 0 Å². The molecule has 1 fully saturated rings. The van der Waals surface area contributed by atoms with Gasteiger partial charge in [0.25, 0.3) is 0 Å². The highest BCUT2D eigenvalue weighted by Gasteiger charge is 2.23. The first kappa shape index (κ1) is 21.8. The predicted octanol–water partition coefficient (Wildman–Crippen LogP) is 5.47. The molecule has 1 aliphatic rings. The van der Waals surface area contributed by atoms with Gasteiger partial charge in [0.05, 0.1) is 12.2 Å². The molecule has 4 aromatic rings. The normalized spacial score (nSPS) is 15.8. The van der Waals surface area contributed by atoms with E-state index in [0.29, 0.717) is 30.6 Å². The van der Waals surface area contributed by atoms with Crippen molar-refractivity contribution in [2.75, 3.05) is 19.6 Å². The van der Waals surface area contributed by atoms with Crippen molar-refractivity contribution in [3.63, 3.8) is 0 Å². The molecule has 1 aliphatic heterocycles. The summed E-state index contributed by atoms with van der Waals surface area (Å²) in [6.07, 6.45) is 6.53. The number of aryl methyl sites for hydroxylation is 1. The molecule has 4 heterocycles. The van der Waals surface area contributed by atoms with E-state index in [1.165, 1.54) is 27.7 Å². The SMILES string of the molecule is CCC(=O)CN1CCC(c2ccc3[nH]c(-c4cc(C)c5ncnn5c4)c(C(C)C)c3c2)CC1. The topological polar surface area (TPSA) is 66.3 Å². The van der Waals surface area contributed by atoms with E-state index in [4.69, 9.17) is 0 Å². The minimum absolute atomic E-state index is 0.343. The summed E-state index contributed by atoms with van der Waals surface area (Å²) in [5.74, 6) is 1.28. The van der Waals surface area contributed by atoms with E-state index in [-0.39, 0.29) is 0 Å². The van der Waals surface area contributed by atoms with E-state index in [2.05, 4.69) is 71.2 Å². The highest BCUT2D eigenvalue weighted by atomic mass is 16.1. The number of aromatic nitrogens is 4. The number of hydrogen-bond donors (Lipinski definition) is 1. The molecule has 0 saturated carbocycles. The second-order valence-corrected chi connectivity index (χ2v) is 9.76. The summed E-state index contributed by atoms with van der Waals surface area (Å²) in [6.45, 7) is 11.2. The highest BCUT2D eigenvalue weighted by Crippen LogP contribution is 2.38. The molecule has 33 heavy (non-hydrogen) atoms. The van der Waals surface area contributed by atoms with E-state index in [1.54, 1.807) is 6.33 Å². The molecule has 6 nitrogen and oxygen atoms in total. The lowest BCUT2D eigenvalue weighted by atomic mass is 9.87. The van der Waals surface area contributed by atoms with Crippen LogP contribution in [0.3, 0.4) is 0 Å². The summed E-state index contributed by atoms with van der Waals surface area (Å²) in [7, 11) is 0. The molecule has 1 saturated heterocycles. The average molecular weight is 444 g/mol. The van der Waals surface area contributed by atoms with E-state index in [9.17, 15) is 4.79 Å². The van der Waals surface area contributed by atoms with Gasteiger partial charge in [-0.3, -0.25) is 9.69 Å². The fourth-order valence-electron chi connectivity index (χ4n) is 5.33. The highest BCUT2D eigenvalue weighted by molar-refractivity contribution is 5.92. The summed E-state index contributed by atoms with van der Waals surface area (Å²) >= 11 is 0. The number of carbonyl (C=O) groups excluding carboxylic acids is 1. The molecule has 0 unspecified atom stereocenters. The maximum Gasteiger partial charge on any atom is 0.158 e. The van der Waals surface area contributed by atoms with Crippen LogP contribution >= 0.6 is 0 Å². The number of carbonyl (C=O) groups is 1. The van der Waals surface area contributed by atoms with Crippen molar-refractivity contribution < 1.29 is 4.79 Å². The molecule has 0 aliphatic carbocycles. The summed E-state index contributed by atoms with van der Waals surface area (Å²) < 4.78 is 1.86. The molecule has 3 aromatic heterocycles. The number of hydrogen-bond acceptors (Lipinski definition) is 4. The van der Waals surface area contributed by atoms with E-state index in [1.807, 2.05) is 11.4 Å². The smallest absolute Gasteiger partial charge is 0.158 e. The molecule has 1 N–H and O–H groups in total. The molecular weight excluding hydrogens is 410 g/mol. The molecule has 0 spiro atoms. The van der Waals surface area contributed by atoms with Crippen LogP contribution in [0.25, 0.3) is 27.8 Å².